The van der Waals surface area contributed by atoms with E-state index in [1.54, 1.807) is 0 Å². The van der Waals surface area contributed by atoms with Gasteiger partial charge in [-0.25, -0.2) is 0 Å². The molecule has 3 heterocycles. The highest BCUT2D eigenvalue weighted by molar-refractivity contribution is 6.37. The van der Waals surface area contributed by atoms with Gasteiger partial charge in [0, 0.05) is 7.11 Å². The zero-order chi connectivity index (χ0) is 19.1. The summed E-state index contributed by atoms with van der Waals surface area (Å²) in [6.45, 7) is -2.46. The first-order valence-corrected chi connectivity index (χ1v) is 8.09. The number of methoxy groups -OCH3 is 1. The molecule has 0 radical (unpaired) electrons. The molecule has 3 aliphatic heterocycles. The van der Waals surface area contributed by atoms with E-state index in [9.17, 15) is 30.6 Å². The van der Waals surface area contributed by atoms with Crippen LogP contribution in [-0.4, -0.2) is 120 Å². The number of hydrogen-bond donors (Lipinski definition) is 6. The van der Waals surface area contributed by atoms with E-state index in [1.807, 2.05) is 0 Å². The summed E-state index contributed by atoms with van der Waals surface area (Å²) in [4.78, 5) is 0. The van der Waals surface area contributed by atoms with Gasteiger partial charge in [0.2, 0.25) is 11.6 Å². The summed E-state index contributed by atoms with van der Waals surface area (Å²) in [5.74, 6) is -3.54. The minimum Gasteiger partial charge on any atom is -0.394 e. The van der Waals surface area contributed by atoms with Gasteiger partial charge in [0.1, 0.15) is 36.6 Å². The first kappa shape index (κ1) is 20.3. The van der Waals surface area contributed by atoms with Gasteiger partial charge in [-0.3, -0.25) is 0 Å². The van der Waals surface area contributed by atoms with E-state index in [0.29, 0.717) is 0 Å². The van der Waals surface area contributed by atoms with E-state index in [2.05, 4.69) is 0 Å². The van der Waals surface area contributed by atoms with E-state index in [4.69, 9.17) is 28.2 Å². The molecule has 0 aromatic heterocycles. The third-order valence-electron chi connectivity index (χ3n) is 4.91. The van der Waals surface area contributed by atoms with E-state index in [-0.39, 0.29) is 0 Å². The average molecular weight is 382 g/mol. The van der Waals surface area contributed by atoms with Crippen molar-refractivity contribution in [2.75, 3.05) is 33.5 Å². The summed E-state index contributed by atoms with van der Waals surface area (Å²) < 4.78 is 32.2. The highest BCUT2D eigenvalue weighted by Crippen LogP contribution is 2.42. The van der Waals surface area contributed by atoms with Crippen LogP contribution >= 0.6 is 0 Å². The van der Waals surface area contributed by atoms with E-state index in [1.165, 1.54) is 7.11 Å². The van der Waals surface area contributed by atoms with Crippen molar-refractivity contribution < 1.29 is 58.8 Å². The fraction of sp³-hybridized carbons (Fsp3) is 1.00. The molecule has 150 valence electrons. The zero-order valence-corrected chi connectivity index (χ0v) is 14.0. The minimum atomic E-state index is -1.78. The number of fused-ring (bicyclic) bond motifs is 1. The molecule has 0 bridgehead atoms. The molecule has 0 spiro atoms. The van der Waals surface area contributed by atoms with Crippen molar-refractivity contribution >= 4 is 7.32 Å². The summed E-state index contributed by atoms with van der Waals surface area (Å²) in [6.07, 6.45) is -7.25. The molecule has 3 rings (SSSR count). The molecule has 0 aliphatic carbocycles. The third kappa shape index (κ3) is 2.98. The fourth-order valence-electron chi connectivity index (χ4n) is 3.46. The van der Waals surface area contributed by atoms with Crippen LogP contribution < -0.4 is 0 Å². The second kappa shape index (κ2) is 7.54. The Kier molecular flexibility index (Phi) is 5.89. The molecule has 0 amide bonds. The van der Waals surface area contributed by atoms with Crippen molar-refractivity contribution in [3.8, 4) is 0 Å². The van der Waals surface area contributed by atoms with Gasteiger partial charge in [-0.05, 0) is 0 Å². The molecule has 3 fully saturated rings. The average Bonchev–Trinajstić information content (AvgIpc) is 3.24. The summed E-state index contributed by atoms with van der Waals surface area (Å²) >= 11 is 0. The second-order valence-electron chi connectivity index (χ2n) is 6.32. The molecular weight excluding hydrogens is 359 g/mol. The summed E-state index contributed by atoms with van der Waals surface area (Å²) in [6, 6.07) is 0. The highest BCUT2D eigenvalue weighted by atomic mass is 16.9. The van der Waals surface area contributed by atoms with Crippen molar-refractivity contribution in [2.24, 2.45) is 0 Å². The lowest BCUT2D eigenvalue weighted by Gasteiger charge is -2.32. The molecule has 13 heteroatoms. The molecule has 26 heavy (non-hydrogen) atoms. The molecule has 3 saturated heterocycles. The van der Waals surface area contributed by atoms with Gasteiger partial charge >= 0.3 is 7.32 Å². The minimum absolute atomic E-state index is 0.512. The number of aliphatic hydroxyl groups is 6. The Labute approximate surface area is 148 Å². The first-order valence-electron chi connectivity index (χ1n) is 8.09. The van der Waals surface area contributed by atoms with Crippen LogP contribution in [0, 0.1) is 0 Å². The van der Waals surface area contributed by atoms with Crippen LogP contribution in [0.4, 0.5) is 0 Å². The molecule has 8 atom stereocenters. The fourth-order valence-corrected chi connectivity index (χ4v) is 3.46. The Balaban J connectivity index is 1.75. The topological polar surface area (TPSA) is 177 Å². The lowest BCUT2D eigenvalue weighted by atomic mass is 10.0. The van der Waals surface area contributed by atoms with Crippen LogP contribution in [0.15, 0.2) is 0 Å². The molecule has 6 N–H and O–H groups in total. The highest BCUT2D eigenvalue weighted by Gasteiger charge is 2.66. The van der Waals surface area contributed by atoms with Gasteiger partial charge in [-0.2, -0.15) is 0 Å². The summed E-state index contributed by atoms with van der Waals surface area (Å²) in [5.41, 5.74) is 0. The number of hydrogen-bond acceptors (Lipinski definition) is 12. The second-order valence-corrected chi connectivity index (χ2v) is 6.32. The van der Waals surface area contributed by atoms with Gasteiger partial charge in [0.25, 0.3) is 0 Å². The monoisotopic (exact) mass is 382 g/mol. The predicted molar refractivity (Wildman–Crippen MR) is 79.2 cm³/mol. The van der Waals surface area contributed by atoms with Crippen molar-refractivity contribution in [1.82, 2.24) is 0 Å². The molecular formula is C13H23BO12. The van der Waals surface area contributed by atoms with Gasteiger partial charge in [-0.1, -0.05) is 0 Å². The summed E-state index contributed by atoms with van der Waals surface area (Å²) in [7, 11) is -0.291. The van der Waals surface area contributed by atoms with Crippen molar-refractivity contribution in [3.05, 3.63) is 0 Å². The molecule has 0 aromatic rings. The van der Waals surface area contributed by atoms with E-state index >= 15 is 0 Å². The van der Waals surface area contributed by atoms with Crippen LogP contribution in [-0.2, 0) is 28.2 Å². The van der Waals surface area contributed by atoms with Gasteiger partial charge in [-0.15, -0.1) is 0 Å². The van der Waals surface area contributed by atoms with Gasteiger partial charge in [0.05, 0.1) is 26.4 Å². The Hall–Kier alpha value is -0.415. The maximum absolute atomic E-state index is 10.3. The largest absolute Gasteiger partial charge is 0.642 e. The normalized spacial score (nSPS) is 48.3. The van der Waals surface area contributed by atoms with Crippen molar-refractivity contribution in [3.63, 3.8) is 0 Å². The third-order valence-corrected chi connectivity index (χ3v) is 4.91. The maximum atomic E-state index is 10.3. The molecule has 0 saturated carbocycles. The molecule has 12 nitrogen and oxygen atoms in total. The maximum Gasteiger partial charge on any atom is 0.642 e. The van der Waals surface area contributed by atoms with Gasteiger partial charge in [0.15, 0.2) is 0 Å². The van der Waals surface area contributed by atoms with Gasteiger partial charge < -0.3 is 58.8 Å². The first-order chi connectivity index (χ1) is 12.4. The number of ether oxygens (including phenoxy) is 3. The van der Waals surface area contributed by atoms with Crippen LogP contribution in [0.2, 0.25) is 0 Å². The molecule has 0 aromatic carbocycles. The quantitative estimate of drug-likeness (QED) is 0.232. The van der Waals surface area contributed by atoms with Crippen molar-refractivity contribution in [2.45, 2.75) is 48.2 Å². The smallest absolute Gasteiger partial charge is 0.394 e. The lowest BCUT2D eigenvalue weighted by Crippen LogP contribution is -2.52. The molecule has 3 aliphatic rings. The number of rotatable bonds is 7. The summed E-state index contributed by atoms with van der Waals surface area (Å²) in [5, 5.41) is 58.1. The Morgan fingerprint density at radius 2 is 1.62 bits per heavy atom. The van der Waals surface area contributed by atoms with Crippen LogP contribution in [0.1, 0.15) is 0 Å². The Bertz CT molecular complexity index is 492. The zero-order valence-electron chi connectivity index (χ0n) is 14.0. The Morgan fingerprint density at radius 3 is 2.12 bits per heavy atom. The Morgan fingerprint density at radius 1 is 0.962 bits per heavy atom. The lowest BCUT2D eigenvalue weighted by molar-refractivity contribution is -0.264. The SMILES string of the molecule is CO[C@]1(CO)O[C@H](CO)C(O)[C@H]1OB1OC2C(O)[C@H](CO)O[C@@]2(CO)O1. The van der Waals surface area contributed by atoms with E-state index in [0.717, 1.165) is 0 Å². The molecule has 3 unspecified atom stereocenters. The van der Waals surface area contributed by atoms with E-state index < -0.39 is 81.9 Å². The number of aliphatic hydroxyl groups excluding tert-OH is 6. The van der Waals surface area contributed by atoms with Crippen LogP contribution in [0.25, 0.3) is 0 Å². The van der Waals surface area contributed by atoms with Crippen molar-refractivity contribution in [1.29, 1.82) is 0 Å². The van der Waals surface area contributed by atoms with Crippen LogP contribution in [0.5, 0.6) is 0 Å². The predicted octanol–water partition coefficient (Wildman–Crippen LogP) is -4.70. The standard InChI is InChI=1S/C13H23BO12/c1-21-12(4-17)10(8(19)6(2-15)22-12)24-14-25-11-9(20)7(3-16)23-13(11,5-18)26-14/h6-11,15-20H,2-5H2,1H3/t6-,7+,8?,9?,10-,11?,12-,13+/m1/s1. The van der Waals surface area contributed by atoms with Crippen LogP contribution in [0.3, 0.4) is 0 Å².